The maximum absolute atomic E-state index is 12.9. The van der Waals surface area contributed by atoms with Crippen LogP contribution in [-0.2, 0) is 6.54 Å². The van der Waals surface area contributed by atoms with Crippen LogP contribution in [-0.4, -0.2) is 65.0 Å². The maximum Gasteiger partial charge on any atom is 0.320 e. The van der Waals surface area contributed by atoms with Crippen molar-refractivity contribution in [1.29, 1.82) is 0 Å². The molecule has 6 heteroatoms. The number of aryl methyl sites for hydroxylation is 1. The van der Waals surface area contributed by atoms with E-state index in [9.17, 15) is 9.59 Å². The van der Waals surface area contributed by atoms with Crippen molar-refractivity contribution >= 4 is 12.1 Å². The molecular formula is C21H32N4O2. The number of hydrogen-bond acceptors (Lipinski definition) is 2. The number of amides is 4. The fourth-order valence-corrected chi connectivity index (χ4v) is 3.90. The Labute approximate surface area is 162 Å². The molecule has 27 heavy (non-hydrogen) atoms. The van der Waals surface area contributed by atoms with E-state index in [0.717, 1.165) is 32.4 Å². The van der Waals surface area contributed by atoms with Gasteiger partial charge in [0.2, 0.25) is 0 Å². The third-order valence-corrected chi connectivity index (χ3v) is 5.76. The first-order valence-electron chi connectivity index (χ1n) is 10.1. The van der Waals surface area contributed by atoms with Gasteiger partial charge in [-0.25, -0.2) is 9.59 Å². The van der Waals surface area contributed by atoms with Crippen LogP contribution in [0.5, 0.6) is 0 Å². The zero-order valence-corrected chi connectivity index (χ0v) is 16.8. The lowest BCUT2D eigenvalue weighted by Gasteiger charge is -2.36. The lowest BCUT2D eigenvalue weighted by Crippen LogP contribution is -2.51. The average Bonchev–Trinajstić information content (AvgIpc) is 3.02. The summed E-state index contributed by atoms with van der Waals surface area (Å²) in [5, 5.41) is 3.03. The van der Waals surface area contributed by atoms with Crippen LogP contribution in [0.1, 0.15) is 44.2 Å². The Bertz CT molecular complexity index is 670. The number of urea groups is 2. The van der Waals surface area contributed by atoms with Gasteiger partial charge in [0.1, 0.15) is 0 Å². The molecule has 3 rings (SSSR count). The van der Waals surface area contributed by atoms with Crippen LogP contribution in [0, 0.1) is 6.92 Å². The first kappa shape index (κ1) is 19.5. The summed E-state index contributed by atoms with van der Waals surface area (Å²) in [6, 6.07) is 8.95. The summed E-state index contributed by atoms with van der Waals surface area (Å²) >= 11 is 0. The largest absolute Gasteiger partial charge is 0.336 e. The summed E-state index contributed by atoms with van der Waals surface area (Å²) in [6.07, 6.45) is 2.65. The summed E-state index contributed by atoms with van der Waals surface area (Å²) in [4.78, 5) is 31.0. The van der Waals surface area contributed by atoms with Crippen molar-refractivity contribution in [2.75, 3.05) is 26.2 Å². The molecule has 2 heterocycles. The monoisotopic (exact) mass is 372 g/mol. The number of likely N-dealkylation sites (tertiary alicyclic amines) is 1. The van der Waals surface area contributed by atoms with E-state index in [2.05, 4.69) is 37.4 Å². The van der Waals surface area contributed by atoms with Crippen LogP contribution in [0.4, 0.5) is 9.59 Å². The highest BCUT2D eigenvalue weighted by molar-refractivity contribution is 5.77. The van der Waals surface area contributed by atoms with Crippen molar-refractivity contribution in [2.45, 2.75) is 58.7 Å². The van der Waals surface area contributed by atoms with Crippen molar-refractivity contribution in [3.63, 3.8) is 0 Å². The highest BCUT2D eigenvalue weighted by Gasteiger charge is 2.36. The van der Waals surface area contributed by atoms with Gasteiger partial charge in [-0.3, -0.25) is 0 Å². The average molecular weight is 373 g/mol. The van der Waals surface area contributed by atoms with Gasteiger partial charge in [0, 0.05) is 44.8 Å². The van der Waals surface area contributed by atoms with E-state index in [1.54, 1.807) is 0 Å². The van der Waals surface area contributed by atoms with Crippen LogP contribution >= 0.6 is 0 Å². The predicted octanol–water partition coefficient (Wildman–Crippen LogP) is 3.21. The molecule has 4 amide bonds. The summed E-state index contributed by atoms with van der Waals surface area (Å²) in [5.74, 6) is 0. The molecule has 0 unspecified atom stereocenters. The maximum atomic E-state index is 12.9. The molecule has 0 aromatic heterocycles. The summed E-state index contributed by atoms with van der Waals surface area (Å²) in [6.45, 7) is 9.84. The van der Waals surface area contributed by atoms with E-state index in [1.165, 1.54) is 11.1 Å². The molecule has 1 aromatic carbocycles. The molecule has 2 fully saturated rings. The Hall–Kier alpha value is -2.24. The van der Waals surface area contributed by atoms with Crippen molar-refractivity contribution in [1.82, 2.24) is 20.0 Å². The first-order chi connectivity index (χ1) is 13.0. The third kappa shape index (κ3) is 4.73. The number of hydrogen-bond donors (Lipinski definition) is 1. The number of carbonyl (C=O) groups is 2. The molecule has 0 aliphatic carbocycles. The highest BCUT2D eigenvalue weighted by atomic mass is 16.2. The number of carbonyl (C=O) groups excluding carboxylic acids is 2. The quantitative estimate of drug-likeness (QED) is 0.863. The van der Waals surface area contributed by atoms with Crippen LogP contribution in [0.25, 0.3) is 0 Å². The fraction of sp³-hybridized carbons (Fsp3) is 0.619. The normalized spacial score (nSPS) is 19.5. The second kappa shape index (κ2) is 8.63. The summed E-state index contributed by atoms with van der Waals surface area (Å²) < 4.78 is 0. The van der Waals surface area contributed by atoms with Crippen molar-refractivity contribution < 1.29 is 9.59 Å². The van der Waals surface area contributed by atoms with E-state index in [1.807, 2.05) is 27.7 Å². The Balaban J connectivity index is 1.50. The summed E-state index contributed by atoms with van der Waals surface area (Å²) in [7, 11) is 0. The minimum atomic E-state index is 0.0247. The summed E-state index contributed by atoms with van der Waals surface area (Å²) in [5.41, 5.74) is 2.40. The minimum absolute atomic E-state index is 0.0247. The van der Waals surface area contributed by atoms with Gasteiger partial charge >= 0.3 is 12.1 Å². The standard InChI is InChI=1S/C21H32N4O2/c1-4-17(3)22-20(26)23-10-8-19(9-11-23)25-13-12-24(21(25)27)15-18-7-5-6-16(2)14-18/h5-7,14,17,19H,4,8-13,15H2,1-3H3,(H,22,26)/t17-/m0/s1. The Morgan fingerprint density at radius 1 is 1.22 bits per heavy atom. The SMILES string of the molecule is CC[C@H](C)NC(=O)N1CCC(N2CCN(Cc3cccc(C)c3)C2=O)CC1. The molecule has 1 atom stereocenters. The highest BCUT2D eigenvalue weighted by Crippen LogP contribution is 2.23. The lowest BCUT2D eigenvalue weighted by molar-refractivity contribution is 0.133. The van der Waals surface area contributed by atoms with Crippen LogP contribution in [0.3, 0.4) is 0 Å². The van der Waals surface area contributed by atoms with Gasteiger partial charge in [-0.2, -0.15) is 0 Å². The van der Waals surface area contributed by atoms with E-state index >= 15 is 0 Å². The van der Waals surface area contributed by atoms with Crippen molar-refractivity contribution in [3.8, 4) is 0 Å². The zero-order chi connectivity index (χ0) is 19.4. The molecule has 0 saturated carbocycles. The molecule has 2 aliphatic heterocycles. The second-order valence-electron chi connectivity index (χ2n) is 7.86. The molecule has 148 valence electrons. The predicted molar refractivity (Wildman–Crippen MR) is 107 cm³/mol. The van der Waals surface area contributed by atoms with Crippen LogP contribution < -0.4 is 5.32 Å². The lowest BCUT2D eigenvalue weighted by atomic mass is 10.0. The first-order valence-corrected chi connectivity index (χ1v) is 10.1. The van der Waals surface area contributed by atoms with Gasteiger partial charge in [-0.05, 0) is 38.7 Å². The van der Waals surface area contributed by atoms with Gasteiger partial charge in [0.05, 0.1) is 0 Å². The third-order valence-electron chi connectivity index (χ3n) is 5.76. The fourth-order valence-electron chi connectivity index (χ4n) is 3.90. The molecule has 0 spiro atoms. The molecule has 1 aromatic rings. The van der Waals surface area contributed by atoms with Gasteiger partial charge in [0.25, 0.3) is 0 Å². The van der Waals surface area contributed by atoms with Gasteiger partial charge in [0.15, 0.2) is 0 Å². The van der Waals surface area contributed by atoms with E-state index in [0.29, 0.717) is 19.6 Å². The number of nitrogens with one attached hydrogen (secondary N) is 1. The second-order valence-corrected chi connectivity index (χ2v) is 7.86. The molecule has 6 nitrogen and oxygen atoms in total. The topological polar surface area (TPSA) is 55.9 Å². The van der Waals surface area contributed by atoms with E-state index in [-0.39, 0.29) is 24.1 Å². The number of piperidine rings is 1. The smallest absolute Gasteiger partial charge is 0.320 e. The Morgan fingerprint density at radius 2 is 1.96 bits per heavy atom. The van der Waals surface area contributed by atoms with Gasteiger partial charge < -0.3 is 20.0 Å². The molecule has 2 aliphatic rings. The van der Waals surface area contributed by atoms with E-state index in [4.69, 9.17) is 0 Å². The number of nitrogens with zero attached hydrogens (tertiary/aromatic N) is 3. The molecule has 2 saturated heterocycles. The molecule has 0 radical (unpaired) electrons. The number of rotatable bonds is 5. The Morgan fingerprint density at radius 3 is 2.63 bits per heavy atom. The molecule has 1 N–H and O–H groups in total. The van der Waals surface area contributed by atoms with Gasteiger partial charge in [-0.1, -0.05) is 36.8 Å². The molecule has 0 bridgehead atoms. The van der Waals surface area contributed by atoms with E-state index < -0.39 is 0 Å². The zero-order valence-electron chi connectivity index (χ0n) is 16.8. The Kier molecular flexibility index (Phi) is 6.24. The van der Waals surface area contributed by atoms with Crippen molar-refractivity contribution in [2.24, 2.45) is 0 Å². The van der Waals surface area contributed by atoms with Crippen LogP contribution in [0.2, 0.25) is 0 Å². The van der Waals surface area contributed by atoms with Crippen LogP contribution in [0.15, 0.2) is 24.3 Å². The minimum Gasteiger partial charge on any atom is -0.336 e. The molecular weight excluding hydrogens is 340 g/mol. The van der Waals surface area contributed by atoms with Crippen molar-refractivity contribution in [3.05, 3.63) is 35.4 Å². The number of benzene rings is 1. The van der Waals surface area contributed by atoms with Gasteiger partial charge in [-0.15, -0.1) is 0 Å².